The van der Waals surface area contributed by atoms with Gasteiger partial charge in [-0.1, -0.05) is 12.1 Å². The third kappa shape index (κ3) is 12.8. The van der Waals surface area contributed by atoms with E-state index >= 15 is 0 Å². The average Bonchev–Trinajstić information content (AvgIpc) is 1.50. The summed E-state index contributed by atoms with van der Waals surface area (Å²) in [6.45, 7) is 43.4. The van der Waals surface area contributed by atoms with Gasteiger partial charge in [-0.2, -0.15) is 5.26 Å². The van der Waals surface area contributed by atoms with Crippen LogP contribution in [-0.2, 0) is 62.7 Å². The third-order valence-electron chi connectivity index (χ3n) is 21.0. The topological polar surface area (TPSA) is 185 Å². The summed E-state index contributed by atoms with van der Waals surface area (Å²) >= 11 is -9.31. The fourth-order valence-electron chi connectivity index (χ4n) is 13.1. The van der Waals surface area contributed by atoms with Crippen molar-refractivity contribution >= 4 is 83.7 Å². The minimum absolute atomic E-state index is 0.152. The molecule has 4 aromatic rings. The van der Waals surface area contributed by atoms with E-state index < -0.39 is 91.7 Å². The quantitative estimate of drug-likeness (QED) is 0.0222. The molecule has 1 aliphatic carbocycles. The second-order valence-corrected chi connectivity index (χ2v) is 44.0. The maximum atomic E-state index is 14.9. The zero-order chi connectivity index (χ0) is 69.1. The van der Waals surface area contributed by atoms with Crippen LogP contribution >= 0.6 is 8.53 Å². The molecule has 0 bridgehead atoms. The molecule has 3 fully saturated rings. The number of sulfonamides is 1. The number of methoxy groups -OCH3 is 1. The standard InChI is InChI=1S/C73H102As2N5O13PS/c1-49(2)80(50(3)4)94(85-44-26-39-76)84-43-25-24-40-77-95(81,82)64-28-23-22-27-59(64)65-57-33-31-55(78-41-37-51-45-53(29-35-60(51)78)74(87-67(7,8)66(5,6)83-21)88-68(9,10)69(11,12)89-74)47-62(57)86-63-48-56(32-34-58(63)65)79-42-38-52-46-54(30-36-61(52)79)75(90-70(13,14)71(15,16)91-75)92-72(17,18)73(19,20)93-75/h22-23,27-36,45-50,77H,24-26,37-38,40-44H2,1-21H3/q+1. The zero-order valence-electron chi connectivity index (χ0n) is 59.8. The molecule has 22 heteroatoms. The molecule has 18 nitrogen and oxygen atoms in total. The molecule has 0 amide bonds. The Bertz CT molecular complexity index is 4040. The van der Waals surface area contributed by atoms with Crippen LogP contribution in [0.1, 0.15) is 169 Å². The monoisotopic (exact) mass is 1470 g/mol. The number of nitrogens with one attached hydrogen (secondary N) is 1. The molecule has 1 spiro atoms. The molecule has 6 aliphatic heterocycles. The normalized spacial score (nSPS) is 22.4. The van der Waals surface area contributed by atoms with E-state index in [0.29, 0.717) is 49.4 Å². The van der Waals surface area contributed by atoms with Gasteiger partial charge in [0.2, 0.25) is 10.0 Å². The van der Waals surface area contributed by atoms with Crippen molar-refractivity contribution in [3.05, 3.63) is 114 Å². The number of benzene rings is 5. The van der Waals surface area contributed by atoms with Gasteiger partial charge in [0, 0.05) is 18.6 Å². The van der Waals surface area contributed by atoms with Gasteiger partial charge in [0.1, 0.15) is 0 Å². The van der Waals surface area contributed by atoms with Gasteiger partial charge in [-0.3, -0.25) is 0 Å². The van der Waals surface area contributed by atoms with Crippen molar-refractivity contribution in [3.63, 3.8) is 0 Å². The number of fused-ring (bicyclic) bond motifs is 4. The molecule has 1 unspecified atom stereocenters. The first-order chi connectivity index (χ1) is 44.2. The number of rotatable bonds is 22. The molecule has 0 saturated carbocycles. The number of nitriles is 1. The van der Waals surface area contributed by atoms with Gasteiger partial charge in [-0.05, 0) is 46.6 Å². The Hall–Kier alpha value is -4.12. The Morgan fingerprint density at radius 3 is 1.97 bits per heavy atom. The van der Waals surface area contributed by atoms with E-state index in [9.17, 15) is 13.7 Å². The van der Waals surface area contributed by atoms with Crippen LogP contribution in [0.25, 0.3) is 33.4 Å². The first kappa shape index (κ1) is 72.1. The predicted molar refractivity (Wildman–Crippen MR) is 379 cm³/mol. The van der Waals surface area contributed by atoms with E-state index in [0.717, 1.165) is 71.6 Å². The van der Waals surface area contributed by atoms with Crippen molar-refractivity contribution in [1.29, 1.82) is 5.26 Å². The predicted octanol–water partition coefficient (Wildman–Crippen LogP) is 13.7. The van der Waals surface area contributed by atoms with Crippen LogP contribution in [0, 0.1) is 11.3 Å². The maximum absolute atomic E-state index is 14.9. The Morgan fingerprint density at radius 1 is 0.716 bits per heavy atom. The molecule has 1 atom stereocenters. The Kier molecular flexibility index (Phi) is 19.1. The summed E-state index contributed by atoms with van der Waals surface area (Å²) in [4.78, 5) is 2.45. The van der Waals surface area contributed by atoms with Gasteiger partial charge < -0.3 is 9.05 Å². The first-order valence-electron chi connectivity index (χ1n) is 33.6. The number of unbranched alkanes of at least 4 members (excludes halogenated alkanes) is 1. The van der Waals surface area contributed by atoms with Crippen LogP contribution in [0.2, 0.25) is 0 Å². The number of hydrogen-bond acceptors (Lipinski definition) is 16. The summed E-state index contributed by atoms with van der Waals surface area (Å²) in [6.07, 6.45) is 2.87. The van der Waals surface area contributed by atoms with Crippen molar-refractivity contribution in [1.82, 2.24) is 14.0 Å². The second-order valence-electron chi connectivity index (χ2n) is 30.5. The van der Waals surface area contributed by atoms with Crippen LogP contribution in [-0.4, -0.2) is 138 Å². The van der Waals surface area contributed by atoms with Crippen molar-refractivity contribution in [2.45, 2.75) is 232 Å². The molecule has 11 rings (SSSR count). The van der Waals surface area contributed by atoms with Crippen molar-refractivity contribution in [2.75, 3.05) is 44.9 Å². The van der Waals surface area contributed by atoms with Gasteiger partial charge in [0.05, 0.1) is 25.7 Å². The third-order valence-corrected chi connectivity index (χ3v) is 39.8. The summed E-state index contributed by atoms with van der Waals surface area (Å²) in [5.74, 6) is 0.589. The summed E-state index contributed by atoms with van der Waals surface area (Å²) in [6, 6.07) is 35.1. The molecular formula is C73H102As2N5O13PS+. The molecule has 1 N–H and O–H groups in total. The molecule has 7 aliphatic rings. The van der Waals surface area contributed by atoms with Gasteiger partial charge in [0.15, 0.2) is 0 Å². The summed E-state index contributed by atoms with van der Waals surface area (Å²) in [5, 5.41) is 10.9. The van der Waals surface area contributed by atoms with Crippen LogP contribution < -0.4 is 28.3 Å². The van der Waals surface area contributed by atoms with Crippen molar-refractivity contribution in [3.8, 4) is 28.5 Å². The van der Waals surface area contributed by atoms with Crippen LogP contribution in [0.3, 0.4) is 0 Å². The fraction of sp³-hybridized carbons (Fsp3) is 0.562. The number of ether oxygens (including phenoxy) is 1. The number of nitrogens with zero attached hydrogens (tertiary/aromatic N) is 4. The molecule has 95 heavy (non-hydrogen) atoms. The Balaban J connectivity index is 0.980. The summed E-state index contributed by atoms with van der Waals surface area (Å²) < 4.78 is 115. The fourth-order valence-corrected chi connectivity index (χ4v) is 34.5. The molecule has 6 heterocycles. The summed E-state index contributed by atoms with van der Waals surface area (Å²) in [5.41, 5.74) is 2.25. The van der Waals surface area contributed by atoms with Gasteiger partial charge in [-0.15, -0.1) is 0 Å². The van der Waals surface area contributed by atoms with Crippen LogP contribution in [0.4, 0.5) is 17.1 Å². The van der Waals surface area contributed by atoms with E-state index in [1.165, 1.54) is 0 Å². The van der Waals surface area contributed by atoms with Gasteiger partial charge in [0.25, 0.3) is 8.53 Å². The van der Waals surface area contributed by atoms with Crippen molar-refractivity contribution < 1.29 is 52.7 Å². The van der Waals surface area contributed by atoms with Gasteiger partial charge in [-0.25, -0.2) is 17.8 Å². The average molecular weight is 1470 g/mol. The minimum atomic E-state index is -5.22. The second kappa shape index (κ2) is 25.2. The zero-order valence-corrected chi connectivity index (χ0v) is 65.3. The molecule has 4 aromatic carbocycles. The van der Waals surface area contributed by atoms with E-state index in [4.69, 9.17) is 44.3 Å². The first-order valence-corrected chi connectivity index (χ1v) is 43.4. The molecular weight excluding hydrogens is 1370 g/mol. The van der Waals surface area contributed by atoms with E-state index in [1.54, 1.807) is 19.2 Å². The number of hydrogen-bond donors (Lipinski definition) is 1. The molecule has 3 saturated heterocycles. The number of anilines is 2. The van der Waals surface area contributed by atoms with Gasteiger partial charge >= 0.3 is 421 Å². The Morgan fingerprint density at radius 2 is 1.35 bits per heavy atom. The molecule has 1 radical (unpaired) electrons. The van der Waals surface area contributed by atoms with E-state index in [1.807, 2.05) is 95.2 Å². The van der Waals surface area contributed by atoms with E-state index in [2.05, 4.69) is 153 Å². The van der Waals surface area contributed by atoms with E-state index in [-0.39, 0.29) is 36.6 Å². The summed E-state index contributed by atoms with van der Waals surface area (Å²) in [7, 11) is -3.81. The van der Waals surface area contributed by atoms with Crippen LogP contribution in [0.15, 0.2) is 106 Å². The molecule has 517 valence electrons. The Labute approximate surface area is 571 Å². The SMILES string of the molecule is COC(C)(C)C(C)(C)O[As]1(c2ccc3c(c2)CC[N+]3=c2ccc3c(-c4ccccc4S(=O)(=O)NCCCCOP(OCCC#N)N(C(C)C)C(C)C)c4ccc(N5CCc6cc([As]78(OC(C)(C)C(C)(C)O7)OC(C)(C)C(C)(C)O8)ccc65)cc4oc-3c2)OC(C)(C)C(C)(C)O1. The molecule has 0 aromatic heterocycles. The van der Waals surface area contributed by atoms with Crippen LogP contribution in [0.5, 0.6) is 0 Å². The van der Waals surface area contributed by atoms with Crippen molar-refractivity contribution in [2.24, 2.45) is 0 Å².